The predicted octanol–water partition coefficient (Wildman–Crippen LogP) is 4.94. The van der Waals surface area contributed by atoms with Crippen LogP contribution in [-0.2, 0) is 0 Å². The van der Waals surface area contributed by atoms with Gasteiger partial charge in [0.25, 0.3) is 0 Å². The fraction of sp³-hybridized carbons (Fsp3) is 0.0769. The number of benzene rings is 1. The molecule has 2 heterocycles. The van der Waals surface area contributed by atoms with Crippen molar-refractivity contribution in [3.05, 3.63) is 46.0 Å². The molecule has 0 fully saturated rings. The third-order valence-corrected chi connectivity index (χ3v) is 4.46. The van der Waals surface area contributed by atoms with Crippen LogP contribution in [0.5, 0.6) is 0 Å². The van der Waals surface area contributed by atoms with Crippen LogP contribution in [0.25, 0.3) is 21.2 Å². The first kappa shape index (κ1) is 9.13. The van der Waals surface area contributed by atoms with E-state index in [4.69, 9.17) is 0 Å². The number of fused-ring (bicyclic) bond motifs is 1. The topological polar surface area (TPSA) is 0 Å². The van der Waals surface area contributed by atoms with Gasteiger partial charge in [0.05, 0.1) is 0 Å². The van der Waals surface area contributed by atoms with Crippen LogP contribution in [0.1, 0.15) is 5.56 Å². The van der Waals surface area contributed by atoms with Crippen molar-refractivity contribution in [2.24, 2.45) is 0 Å². The van der Waals surface area contributed by atoms with E-state index >= 15 is 0 Å². The predicted molar refractivity (Wildman–Crippen MR) is 69.9 cm³/mol. The van der Waals surface area contributed by atoms with E-state index in [-0.39, 0.29) is 0 Å². The second-order valence-electron chi connectivity index (χ2n) is 3.61. The van der Waals surface area contributed by atoms with E-state index in [1.165, 1.54) is 26.8 Å². The van der Waals surface area contributed by atoms with E-state index in [1.54, 1.807) is 11.3 Å². The summed E-state index contributed by atoms with van der Waals surface area (Å²) in [5.74, 6) is 0. The average molecular weight is 230 g/mol. The Labute approximate surface area is 96.8 Å². The van der Waals surface area contributed by atoms with Crippen LogP contribution in [0, 0.1) is 6.92 Å². The summed E-state index contributed by atoms with van der Waals surface area (Å²) in [5, 5.41) is 7.97. The van der Waals surface area contributed by atoms with Gasteiger partial charge in [-0.2, -0.15) is 11.3 Å². The lowest BCUT2D eigenvalue weighted by molar-refractivity contribution is 1.60. The maximum atomic E-state index is 2.24. The molecule has 0 spiro atoms. The van der Waals surface area contributed by atoms with Gasteiger partial charge >= 0.3 is 0 Å². The molecule has 0 saturated heterocycles. The van der Waals surface area contributed by atoms with E-state index in [9.17, 15) is 0 Å². The summed E-state index contributed by atoms with van der Waals surface area (Å²) in [4.78, 5) is 0. The highest BCUT2D eigenvalue weighted by Gasteiger charge is 2.06. The summed E-state index contributed by atoms with van der Waals surface area (Å²) < 4.78 is 1.41. The molecule has 3 rings (SSSR count). The van der Waals surface area contributed by atoms with Gasteiger partial charge in [-0.05, 0) is 45.6 Å². The van der Waals surface area contributed by atoms with Crippen molar-refractivity contribution in [1.82, 2.24) is 0 Å². The van der Waals surface area contributed by atoms with Crippen molar-refractivity contribution in [3.63, 3.8) is 0 Å². The van der Waals surface area contributed by atoms with E-state index in [0.29, 0.717) is 0 Å². The fourth-order valence-corrected chi connectivity index (χ4v) is 3.58. The minimum atomic E-state index is 1.34. The van der Waals surface area contributed by atoms with Crippen LogP contribution in [0.4, 0.5) is 0 Å². The zero-order valence-electron chi connectivity index (χ0n) is 8.36. The van der Waals surface area contributed by atoms with E-state index in [0.717, 1.165) is 0 Å². The molecule has 2 heteroatoms. The largest absolute Gasteiger partial charge is 0.152 e. The highest BCUT2D eigenvalue weighted by molar-refractivity contribution is 7.18. The molecule has 0 saturated carbocycles. The lowest BCUT2D eigenvalue weighted by Crippen LogP contribution is -1.74. The number of hydrogen-bond donors (Lipinski definition) is 0. The van der Waals surface area contributed by atoms with Gasteiger partial charge in [0.2, 0.25) is 0 Å². The van der Waals surface area contributed by atoms with Crippen molar-refractivity contribution in [2.45, 2.75) is 6.92 Å². The Bertz CT molecular complexity index is 588. The van der Waals surface area contributed by atoms with Gasteiger partial charge in [-0.1, -0.05) is 18.2 Å². The Balaban J connectivity index is 2.36. The Morgan fingerprint density at radius 2 is 2.00 bits per heavy atom. The van der Waals surface area contributed by atoms with Gasteiger partial charge in [-0.3, -0.25) is 0 Å². The van der Waals surface area contributed by atoms with Crippen LogP contribution in [-0.4, -0.2) is 0 Å². The van der Waals surface area contributed by atoms with Crippen molar-refractivity contribution in [2.75, 3.05) is 0 Å². The quantitative estimate of drug-likeness (QED) is 0.555. The van der Waals surface area contributed by atoms with Gasteiger partial charge < -0.3 is 0 Å². The molecule has 0 amide bonds. The zero-order valence-corrected chi connectivity index (χ0v) is 9.99. The third-order valence-electron chi connectivity index (χ3n) is 2.63. The highest BCUT2D eigenvalue weighted by atomic mass is 32.1. The van der Waals surface area contributed by atoms with Crippen molar-refractivity contribution in [1.29, 1.82) is 0 Å². The second-order valence-corrected chi connectivity index (χ2v) is 5.27. The normalized spacial score (nSPS) is 11.0. The number of aryl methyl sites for hydroxylation is 1. The van der Waals surface area contributed by atoms with Crippen molar-refractivity contribution >= 4 is 32.8 Å². The molecule has 0 bridgehead atoms. The standard InChI is InChI=1S/C13H10S2/c1-9-7-15-13-11(9)3-2-4-12(13)10-5-6-14-8-10/h2-8H,1H3. The smallest absolute Gasteiger partial charge is 0.0424 e. The maximum Gasteiger partial charge on any atom is 0.0424 e. The zero-order chi connectivity index (χ0) is 10.3. The minimum Gasteiger partial charge on any atom is -0.152 e. The molecule has 0 atom stereocenters. The number of hydrogen-bond acceptors (Lipinski definition) is 2. The molecule has 0 aliphatic carbocycles. The first-order valence-electron chi connectivity index (χ1n) is 4.85. The first-order valence-corrected chi connectivity index (χ1v) is 6.68. The SMILES string of the molecule is Cc1csc2c(-c3ccsc3)cccc12. The summed E-state index contributed by atoms with van der Waals surface area (Å²) in [6, 6.07) is 8.75. The summed E-state index contributed by atoms with van der Waals surface area (Å²) in [6.45, 7) is 2.18. The monoisotopic (exact) mass is 230 g/mol. The van der Waals surface area contributed by atoms with Gasteiger partial charge in [-0.15, -0.1) is 11.3 Å². The summed E-state index contributed by atoms with van der Waals surface area (Å²) >= 11 is 3.60. The molecule has 2 aromatic heterocycles. The number of thiophene rings is 2. The minimum absolute atomic E-state index is 1.34. The molecule has 0 aliphatic heterocycles. The average Bonchev–Trinajstić information content (AvgIpc) is 2.88. The van der Waals surface area contributed by atoms with E-state index < -0.39 is 0 Å². The summed E-state index contributed by atoms with van der Waals surface area (Å²) in [6.07, 6.45) is 0. The fourth-order valence-electron chi connectivity index (χ4n) is 1.83. The Morgan fingerprint density at radius 3 is 2.80 bits per heavy atom. The lowest BCUT2D eigenvalue weighted by Gasteiger charge is -2.00. The van der Waals surface area contributed by atoms with Crippen molar-refractivity contribution < 1.29 is 0 Å². The Morgan fingerprint density at radius 1 is 1.07 bits per heavy atom. The molecule has 15 heavy (non-hydrogen) atoms. The molecule has 0 aliphatic rings. The summed E-state index contributed by atoms with van der Waals surface area (Å²) in [5.41, 5.74) is 4.09. The van der Waals surface area contributed by atoms with Gasteiger partial charge in [0.15, 0.2) is 0 Å². The Kier molecular flexibility index (Phi) is 2.11. The van der Waals surface area contributed by atoms with Crippen LogP contribution in [0.3, 0.4) is 0 Å². The third kappa shape index (κ3) is 1.41. The van der Waals surface area contributed by atoms with Crippen molar-refractivity contribution in [3.8, 4) is 11.1 Å². The molecule has 74 valence electrons. The Hall–Kier alpha value is -1.12. The van der Waals surface area contributed by atoms with Crippen LogP contribution in [0.2, 0.25) is 0 Å². The molecule has 0 unspecified atom stereocenters. The van der Waals surface area contributed by atoms with Gasteiger partial charge in [0.1, 0.15) is 0 Å². The summed E-state index contributed by atoms with van der Waals surface area (Å²) in [7, 11) is 0. The molecule has 1 aromatic carbocycles. The van der Waals surface area contributed by atoms with E-state index in [2.05, 4.69) is 47.3 Å². The molecule has 0 nitrogen and oxygen atoms in total. The van der Waals surface area contributed by atoms with Crippen LogP contribution in [0.15, 0.2) is 40.4 Å². The molecule has 0 N–H and O–H groups in total. The molecular formula is C13H10S2. The van der Waals surface area contributed by atoms with Gasteiger partial charge in [0, 0.05) is 10.3 Å². The first-order chi connectivity index (χ1) is 7.36. The van der Waals surface area contributed by atoms with Gasteiger partial charge in [-0.25, -0.2) is 0 Å². The molecule has 3 aromatic rings. The van der Waals surface area contributed by atoms with Crippen LogP contribution < -0.4 is 0 Å². The molecular weight excluding hydrogens is 220 g/mol. The number of rotatable bonds is 1. The highest BCUT2D eigenvalue weighted by Crippen LogP contribution is 2.35. The molecule has 0 radical (unpaired) electrons. The maximum absolute atomic E-state index is 2.24. The van der Waals surface area contributed by atoms with Crippen LogP contribution >= 0.6 is 22.7 Å². The second kappa shape index (κ2) is 3.47. The van der Waals surface area contributed by atoms with E-state index in [1.807, 2.05) is 11.3 Å². The lowest BCUT2D eigenvalue weighted by atomic mass is 10.1.